The molecule has 1 atom stereocenters. The van der Waals surface area contributed by atoms with Crippen LogP contribution in [0.15, 0.2) is 12.7 Å². The fraction of sp³-hybridized carbons (Fsp3) is 0.846. The molecule has 0 aromatic heterocycles. The Balaban J connectivity index is 3.02. The maximum Gasteiger partial charge on any atom is 0.0219 e. The Morgan fingerprint density at radius 2 is 1.71 bits per heavy atom. The van der Waals surface area contributed by atoms with Gasteiger partial charge >= 0.3 is 0 Å². The topological polar surface area (TPSA) is 12.0 Å². The number of rotatable bonds is 9. The van der Waals surface area contributed by atoms with Crippen molar-refractivity contribution in [1.29, 1.82) is 0 Å². The third kappa shape index (κ3) is 9.79. The van der Waals surface area contributed by atoms with Gasteiger partial charge in [0.05, 0.1) is 0 Å². The quantitative estimate of drug-likeness (QED) is 0.438. The van der Waals surface area contributed by atoms with Gasteiger partial charge in [-0.25, -0.2) is 0 Å². The Labute approximate surface area is 90.0 Å². The zero-order valence-electron chi connectivity index (χ0n) is 10.2. The minimum Gasteiger partial charge on any atom is -0.311 e. The van der Waals surface area contributed by atoms with Crippen LogP contribution in [0.1, 0.15) is 52.9 Å². The van der Waals surface area contributed by atoms with Gasteiger partial charge in [0.25, 0.3) is 0 Å². The molecule has 0 aromatic rings. The van der Waals surface area contributed by atoms with Crippen molar-refractivity contribution < 1.29 is 0 Å². The van der Waals surface area contributed by atoms with Crippen molar-refractivity contribution in [3.8, 4) is 0 Å². The average molecular weight is 197 g/mol. The van der Waals surface area contributed by atoms with Gasteiger partial charge in [-0.1, -0.05) is 45.6 Å². The van der Waals surface area contributed by atoms with Gasteiger partial charge in [0, 0.05) is 6.04 Å². The number of nitrogens with one attached hydrogen (secondary N) is 1. The molecule has 0 amide bonds. The Morgan fingerprint density at radius 3 is 2.29 bits per heavy atom. The summed E-state index contributed by atoms with van der Waals surface area (Å²) >= 11 is 0. The normalized spacial score (nSPS) is 13.1. The first kappa shape index (κ1) is 13.7. The summed E-state index contributed by atoms with van der Waals surface area (Å²) in [5.41, 5.74) is 0. The van der Waals surface area contributed by atoms with Gasteiger partial charge in [0.15, 0.2) is 0 Å². The van der Waals surface area contributed by atoms with E-state index in [1.54, 1.807) is 0 Å². The van der Waals surface area contributed by atoms with E-state index in [1.165, 1.54) is 32.1 Å². The molecule has 14 heavy (non-hydrogen) atoms. The second-order valence-electron chi connectivity index (χ2n) is 4.58. The van der Waals surface area contributed by atoms with Gasteiger partial charge in [0.2, 0.25) is 0 Å². The third-order valence-electron chi connectivity index (χ3n) is 2.53. The minimum absolute atomic E-state index is 0.464. The van der Waals surface area contributed by atoms with Crippen LogP contribution in [0, 0.1) is 5.92 Å². The van der Waals surface area contributed by atoms with E-state index in [1.807, 2.05) is 6.08 Å². The fourth-order valence-corrected chi connectivity index (χ4v) is 1.44. The summed E-state index contributed by atoms with van der Waals surface area (Å²) in [6.07, 6.45) is 8.80. The molecule has 0 aliphatic carbocycles. The van der Waals surface area contributed by atoms with Crippen LogP contribution >= 0.6 is 0 Å². The maximum absolute atomic E-state index is 3.75. The molecule has 0 spiro atoms. The third-order valence-corrected chi connectivity index (χ3v) is 2.53. The molecule has 0 saturated heterocycles. The first-order valence-electron chi connectivity index (χ1n) is 6.02. The Morgan fingerprint density at radius 1 is 1.07 bits per heavy atom. The van der Waals surface area contributed by atoms with Gasteiger partial charge in [-0.2, -0.15) is 0 Å². The fourth-order valence-electron chi connectivity index (χ4n) is 1.44. The highest BCUT2D eigenvalue weighted by Gasteiger charge is 1.95. The summed E-state index contributed by atoms with van der Waals surface area (Å²) in [6, 6.07) is 0.464. The lowest BCUT2D eigenvalue weighted by atomic mass is 10.0. The summed E-state index contributed by atoms with van der Waals surface area (Å²) in [4.78, 5) is 0. The van der Waals surface area contributed by atoms with Gasteiger partial charge in [-0.05, 0) is 25.8 Å². The molecule has 0 saturated carbocycles. The van der Waals surface area contributed by atoms with Crippen LogP contribution in [0.25, 0.3) is 0 Å². The molecular formula is C13H27N. The highest BCUT2D eigenvalue weighted by atomic mass is 14.9. The Hall–Kier alpha value is -0.300. The van der Waals surface area contributed by atoms with E-state index in [2.05, 4.69) is 32.7 Å². The Kier molecular flexibility index (Phi) is 9.06. The maximum atomic E-state index is 3.75. The van der Waals surface area contributed by atoms with Crippen molar-refractivity contribution in [2.45, 2.75) is 58.9 Å². The molecule has 0 bridgehead atoms. The molecular weight excluding hydrogens is 170 g/mol. The molecule has 0 fully saturated rings. The van der Waals surface area contributed by atoms with Crippen LogP contribution < -0.4 is 5.32 Å². The van der Waals surface area contributed by atoms with Crippen molar-refractivity contribution in [3.05, 3.63) is 12.7 Å². The minimum atomic E-state index is 0.464. The largest absolute Gasteiger partial charge is 0.311 e. The zero-order valence-corrected chi connectivity index (χ0v) is 10.2. The van der Waals surface area contributed by atoms with Crippen LogP contribution in [0.3, 0.4) is 0 Å². The molecule has 0 heterocycles. The predicted molar refractivity (Wildman–Crippen MR) is 65.6 cm³/mol. The molecule has 0 radical (unpaired) electrons. The van der Waals surface area contributed by atoms with Crippen molar-refractivity contribution >= 4 is 0 Å². The number of hydrogen-bond acceptors (Lipinski definition) is 1. The zero-order chi connectivity index (χ0) is 10.8. The van der Waals surface area contributed by atoms with Crippen LogP contribution in [-0.4, -0.2) is 12.6 Å². The van der Waals surface area contributed by atoms with Gasteiger partial charge in [-0.3, -0.25) is 0 Å². The summed E-state index contributed by atoms with van der Waals surface area (Å²) in [6.45, 7) is 11.6. The van der Waals surface area contributed by atoms with Gasteiger partial charge < -0.3 is 5.32 Å². The molecule has 0 rings (SSSR count). The molecule has 0 aliphatic rings. The molecule has 1 N–H and O–H groups in total. The van der Waals surface area contributed by atoms with Gasteiger partial charge in [0.1, 0.15) is 0 Å². The van der Waals surface area contributed by atoms with E-state index in [9.17, 15) is 0 Å². The molecule has 0 aliphatic heterocycles. The Bertz CT molecular complexity index is 129. The monoisotopic (exact) mass is 197 g/mol. The van der Waals surface area contributed by atoms with Crippen molar-refractivity contribution in [2.75, 3.05) is 6.54 Å². The van der Waals surface area contributed by atoms with E-state index in [0.29, 0.717) is 6.04 Å². The smallest absolute Gasteiger partial charge is 0.0219 e. The molecule has 1 unspecified atom stereocenters. The molecule has 0 aromatic carbocycles. The van der Waals surface area contributed by atoms with E-state index in [0.717, 1.165) is 12.5 Å². The highest BCUT2D eigenvalue weighted by Crippen LogP contribution is 2.08. The van der Waals surface area contributed by atoms with Crippen LogP contribution in [0.5, 0.6) is 0 Å². The van der Waals surface area contributed by atoms with E-state index >= 15 is 0 Å². The molecule has 1 heteroatoms. The summed E-state index contributed by atoms with van der Waals surface area (Å²) in [5, 5.41) is 3.41. The van der Waals surface area contributed by atoms with E-state index < -0.39 is 0 Å². The second kappa shape index (κ2) is 9.26. The van der Waals surface area contributed by atoms with Crippen molar-refractivity contribution in [1.82, 2.24) is 5.32 Å². The lowest BCUT2D eigenvalue weighted by Crippen LogP contribution is -2.24. The van der Waals surface area contributed by atoms with Crippen LogP contribution in [0.4, 0.5) is 0 Å². The SMILES string of the molecule is C=CC(C)NCCCCCCC(C)C. The average Bonchev–Trinajstić information content (AvgIpc) is 2.15. The lowest BCUT2D eigenvalue weighted by Gasteiger charge is -2.08. The lowest BCUT2D eigenvalue weighted by molar-refractivity contribution is 0.508. The first-order valence-corrected chi connectivity index (χ1v) is 6.02. The van der Waals surface area contributed by atoms with E-state index in [-0.39, 0.29) is 0 Å². The highest BCUT2D eigenvalue weighted by molar-refractivity contribution is 4.80. The molecule has 84 valence electrons. The number of unbranched alkanes of at least 4 members (excludes halogenated alkanes) is 3. The van der Waals surface area contributed by atoms with E-state index in [4.69, 9.17) is 0 Å². The first-order chi connectivity index (χ1) is 6.66. The predicted octanol–water partition coefficient (Wildman–Crippen LogP) is 3.76. The summed E-state index contributed by atoms with van der Waals surface area (Å²) < 4.78 is 0. The van der Waals surface area contributed by atoms with Crippen molar-refractivity contribution in [2.24, 2.45) is 5.92 Å². The summed E-state index contributed by atoms with van der Waals surface area (Å²) in [5.74, 6) is 0.869. The van der Waals surface area contributed by atoms with Crippen LogP contribution in [0.2, 0.25) is 0 Å². The van der Waals surface area contributed by atoms with Crippen molar-refractivity contribution in [3.63, 3.8) is 0 Å². The second-order valence-corrected chi connectivity index (χ2v) is 4.58. The van der Waals surface area contributed by atoms with Gasteiger partial charge in [-0.15, -0.1) is 6.58 Å². The summed E-state index contributed by atoms with van der Waals surface area (Å²) in [7, 11) is 0. The van der Waals surface area contributed by atoms with Crippen LogP contribution in [-0.2, 0) is 0 Å². The standard InChI is InChI=1S/C13H27N/c1-5-13(4)14-11-9-7-6-8-10-12(2)3/h5,12-14H,1,6-11H2,2-4H3. The molecule has 1 nitrogen and oxygen atoms in total. The number of hydrogen-bond donors (Lipinski definition) is 1.